The van der Waals surface area contributed by atoms with Gasteiger partial charge in [0.05, 0.1) is 24.5 Å². The molecule has 0 aromatic carbocycles. The third-order valence-electron chi connectivity index (χ3n) is 4.29. The van der Waals surface area contributed by atoms with E-state index in [1.54, 1.807) is 6.92 Å². The maximum atomic E-state index is 12.2. The fourth-order valence-electron chi connectivity index (χ4n) is 3.13. The van der Waals surface area contributed by atoms with Gasteiger partial charge in [0.2, 0.25) is 0 Å². The summed E-state index contributed by atoms with van der Waals surface area (Å²) < 4.78 is 10.2. The zero-order valence-electron chi connectivity index (χ0n) is 16.6. The summed E-state index contributed by atoms with van der Waals surface area (Å²) in [4.78, 5) is 23.6. The predicted octanol–water partition coefficient (Wildman–Crippen LogP) is 3.51. The van der Waals surface area contributed by atoms with E-state index in [0.717, 1.165) is 19.3 Å². The Hall–Kier alpha value is -0.950. The van der Waals surface area contributed by atoms with Crippen molar-refractivity contribution in [2.75, 3.05) is 18.1 Å². The van der Waals surface area contributed by atoms with Gasteiger partial charge in [-0.15, -0.1) is 11.8 Å². The standard InChI is InChI=1S/C19H35NO5S/c1-5-24-17(22)13-26-12-16(21)15(11-14-9-7-6-8-10-14)20-18(23)25-19(2,3)4/h14-16,21H,5-13H2,1-4H3,(H,20,23). The van der Waals surface area contributed by atoms with E-state index < -0.39 is 17.8 Å². The second-order valence-electron chi connectivity index (χ2n) is 7.88. The average Bonchev–Trinajstić information content (AvgIpc) is 2.53. The van der Waals surface area contributed by atoms with E-state index in [2.05, 4.69) is 5.32 Å². The number of aliphatic hydroxyl groups excluding tert-OH is 1. The fourth-order valence-corrected chi connectivity index (χ4v) is 3.98. The van der Waals surface area contributed by atoms with Gasteiger partial charge in [0.25, 0.3) is 0 Å². The molecule has 0 bridgehead atoms. The minimum atomic E-state index is -0.733. The third-order valence-corrected chi connectivity index (χ3v) is 5.31. The minimum Gasteiger partial charge on any atom is -0.465 e. The zero-order chi connectivity index (χ0) is 19.6. The Bertz CT molecular complexity index is 432. The Morgan fingerprint density at radius 3 is 2.46 bits per heavy atom. The largest absolute Gasteiger partial charge is 0.465 e. The molecule has 26 heavy (non-hydrogen) atoms. The molecule has 0 heterocycles. The number of amides is 1. The molecule has 1 saturated carbocycles. The number of ether oxygens (including phenoxy) is 2. The topological polar surface area (TPSA) is 84.9 Å². The maximum absolute atomic E-state index is 12.2. The highest BCUT2D eigenvalue weighted by molar-refractivity contribution is 7.99. The average molecular weight is 390 g/mol. The van der Waals surface area contributed by atoms with Crippen molar-refractivity contribution in [3.05, 3.63) is 0 Å². The first kappa shape index (κ1) is 23.1. The van der Waals surface area contributed by atoms with Crippen LogP contribution >= 0.6 is 11.8 Å². The number of hydrogen-bond acceptors (Lipinski definition) is 6. The van der Waals surface area contributed by atoms with Crippen LogP contribution in [0.3, 0.4) is 0 Å². The summed E-state index contributed by atoms with van der Waals surface area (Å²) in [6.45, 7) is 7.56. The van der Waals surface area contributed by atoms with Gasteiger partial charge in [-0.2, -0.15) is 0 Å². The van der Waals surface area contributed by atoms with Gasteiger partial charge >= 0.3 is 12.1 Å². The Balaban J connectivity index is 2.56. The van der Waals surface area contributed by atoms with Crippen molar-refractivity contribution in [1.82, 2.24) is 5.32 Å². The third kappa shape index (κ3) is 10.3. The number of nitrogens with one attached hydrogen (secondary N) is 1. The highest BCUT2D eigenvalue weighted by Gasteiger charge is 2.28. The number of aliphatic hydroxyl groups is 1. The van der Waals surface area contributed by atoms with E-state index in [1.807, 2.05) is 20.8 Å². The molecule has 0 spiro atoms. The number of hydrogen-bond donors (Lipinski definition) is 2. The molecule has 0 aromatic heterocycles. The number of alkyl carbamates (subject to hydrolysis) is 1. The van der Waals surface area contributed by atoms with Crippen LogP contribution in [0.5, 0.6) is 0 Å². The highest BCUT2D eigenvalue weighted by atomic mass is 32.2. The number of carbonyl (C=O) groups is 2. The highest BCUT2D eigenvalue weighted by Crippen LogP contribution is 2.28. The summed E-state index contributed by atoms with van der Waals surface area (Å²) in [5.41, 5.74) is -0.580. The van der Waals surface area contributed by atoms with Crippen molar-refractivity contribution in [2.24, 2.45) is 5.92 Å². The summed E-state index contributed by atoms with van der Waals surface area (Å²) in [6.07, 6.45) is 5.44. The molecule has 0 aliphatic heterocycles. The molecule has 2 N–H and O–H groups in total. The van der Waals surface area contributed by atoms with Crippen molar-refractivity contribution in [3.63, 3.8) is 0 Å². The monoisotopic (exact) mass is 389 g/mol. The van der Waals surface area contributed by atoms with Crippen molar-refractivity contribution in [3.8, 4) is 0 Å². The molecule has 1 aliphatic rings. The molecule has 0 aromatic rings. The second-order valence-corrected chi connectivity index (χ2v) is 8.91. The van der Waals surface area contributed by atoms with Gasteiger partial charge in [-0.25, -0.2) is 4.79 Å². The zero-order valence-corrected chi connectivity index (χ0v) is 17.4. The Labute approximate surface area is 161 Å². The summed E-state index contributed by atoms with van der Waals surface area (Å²) in [5.74, 6) is 0.793. The van der Waals surface area contributed by atoms with Crippen molar-refractivity contribution >= 4 is 23.8 Å². The van der Waals surface area contributed by atoms with E-state index >= 15 is 0 Å². The van der Waals surface area contributed by atoms with Crippen LogP contribution < -0.4 is 5.32 Å². The molecule has 0 saturated heterocycles. The van der Waals surface area contributed by atoms with Crippen LogP contribution in [-0.4, -0.2) is 53.0 Å². The molecular weight excluding hydrogens is 354 g/mol. The lowest BCUT2D eigenvalue weighted by atomic mass is 9.84. The van der Waals surface area contributed by atoms with E-state index in [9.17, 15) is 14.7 Å². The molecule has 2 atom stereocenters. The van der Waals surface area contributed by atoms with Crippen molar-refractivity contribution in [2.45, 2.75) is 84.0 Å². The van der Waals surface area contributed by atoms with Crippen LogP contribution in [0.1, 0.15) is 66.2 Å². The molecular formula is C19H35NO5S. The molecule has 1 amide bonds. The number of carbonyl (C=O) groups excluding carboxylic acids is 2. The SMILES string of the molecule is CCOC(=O)CSCC(O)C(CC1CCCCC1)NC(=O)OC(C)(C)C. The second kappa shape index (κ2) is 11.7. The first-order valence-corrected chi connectivity index (χ1v) is 10.8. The van der Waals surface area contributed by atoms with Gasteiger partial charge in [-0.3, -0.25) is 4.79 Å². The van der Waals surface area contributed by atoms with E-state index in [4.69, 9.17) is 9.47 Å². The van der Waals surface area contributed by atoms with Crippen LogP contribution in [-0.2, 0) is 14.3 Å². The summed E-state index contributed by atoms with van der Waals surface area (Å²) in [5, 5.41) is 13.4. The molecule has 0 radical (unpaired) electrons. The molecule has 1 rings (SSSR count). The molecule has 2 unspecified atom stereocenters. The van der Waals surface area contributed by atoms with Gasteiger partial charge in [-0.05, 0) is 40.0 Å². The van der Waals surface area contributed by atoms with Crippen molar-refractivity contribution < 1.29 is 24.2 Å². The predicted molar refractivity (Wildman–Crippen MR) is 104 cm³/mol. The molecule has 1 aliphatic carbocycles. The van der Waals surface area contributed by atoms with E-state index in [1.165, 1.54) is 31.0 Å². The quantitative estimate of drug-likeness (QED) is 0.587. The lowest BCUT2D eigenvalue weighted by Gasteiger charge is -2.31. The molecule has 1 fully saturated rings. The Kier molecular flexibility index (Phi) is 10.4. The fraction of sp³-hybridized carbons (Fsp3) is 0.895. The lowest BCUT2D eigenvalue weighted by Crippen LogP contribution is -2.47. The molecule has 6 nitrogen and oxygen atoms in total. The van der Waals surface area contributed by atoms with Crippen molar-refractivity contribution in [1.29, 1.82) is 0 Å². The maximum Gasteiger partial charge on any atom is 0.407 e. The Morgan fingerprint density at radius 2 is 1.88 bits per heavy atom. The number of thioether (sulfide) groups is 1. The normalized spacial score (nSPS) is 18.0. The van der Waals surface area contributed by atoms with Crippen LogP contribution in [0.25, 0.3) is 0 Å². The Morgan fingerprint density at radius 1 is 1.23 bits per heavy atom. The van der Waals surface area contributed by atoms with Gasteiger partial charge in [0, 0.05) is 5.75 Å². The van der Waals surface area contributed by atoms with E-state index in [0.29, 0.717) is 18.3 Å². The number of rotatable bonds is 9. The van der Waals surface area contributed by atoms with Gasteiger partial charge in [-0.1, -0.05) is 32.1 Å². The number of esters is 1. The van der Waals surface area contributed by atoms with Crippen LogP contribution in [0, 0.1) is 5.92 Å². The summed E-state index contributed by atoms with van der Waals surface area (Å²) in [6, 6.07) is -0.373. The smallest absolute Gasteiger partial charge is 0.407 e. The molecule has 152 valence electrons. The summed E-state index contributed by atoms with van der Waals surface area (Å²) in [7, 11) is 0. The van der Waals surface area contributed by atoms with Crippen LogP contribution in [0.2, 0.25) is 0 Å². The van der Waals surface area contributed by atoms with E-state index in [-0.39, 0.29) is 17.8 Å². The minimum absolute atomic E-state index is 0.202. The molecule has 7 heteroatoms. The van der Waals surface area contributed by atoms with Gasteiger partial charge < -0.3 is 19.9 Å². The van der Waals surface area contributed by atoms with Gasteiger partial charge in [0.15, 0.2) is 0 Å². The summed E-state index contributed by atoms with van der Waals surface area (Å²) >= 11 is 1.32. The first-order valence-electron chi connectivity index (χ1n) is 9.62. The van der Waals surface area contributed by atoms with Crippen LogP contribution in [0.4, 0.5) is 4.79 Å². The van der Waals surface area contributed by atoms with Crippen LogP contribution in [0.15, 0.2) is 0 Å². The first-order chi connectivity index (χ1) is 12.2. The van der Waals surface area contributed by atoms with Gasteiger partial charge in [0.1, 0.15) is 5.60 Å². The lowest BCUT2D eigenvalue weighted by molar-refractivity contribution is -0.139.